The molecule has 0 aliphatic carbocycles. The molecule has 1 aliphatic heterocycles. The number of amides is 4. The van der Waals surface area contributed by atoms with Crippen LogP contribution < -0.4 is 10.6 Å². The highest BCUT2D eigenvalue weighted by Gasteiger charge is 2.49. The fraction of sp³-hybridized carbons (Fsp3) is 0.471. The predicted molar refractivity (Wildman–Crippen MR) is 101 cm³/mol. The highest BCUT2D eigenvalue weighted by atomic mass is 32.1. The van der Waals surface area contributed by atoms with Crippen molar-refractivity contribution in [3.63, 3.8) is 0 Å². The molecular formula is C17H22N6O3S. The molecule has 2 aromatic rings. The van der Waals surface area contributed by atoms with Crippen LogP contribution in [0.15, 0.2) is 11.6 Å². The molecule has 0 saturated carbocycles. The number of nitrogens with one attached hydrogen (secondary N) is 2. The first-order valence-electron chi connectivity index (χ1n) is 8.69. The number of rotatable bonds is 6. The van der Waals surface area contributed by atoms with Crippen molar-refractivity contribution in [3.05, 3.63) is 17.3 Å². The Labute approximate surface area is 160 Å². The molecule has 27 heavy (non-hydrogen) atoms. The van der Waals surface area contributed by atoms with Crippen LogP contribution in [0.25, 0.3) is 11.3 Å². The topological polar surface area (TPSA) is 109 Å². The maximum absolute atomic E-state index is 12.6. The largest absolute Gasteiger partial charge is 0.325 e. The molecule has 0 aromatic carbocycles. The zero-order valence-corrected chi connectivity index (χ0v) is 16.5. The van der Waals surface area contributed by atoms with E-state index in [4.69, 9.17) is 0 Å². The summed E-state index contributed by atoms with van der Waals surface area (Å²) in [5, 5.41) is 11.9. The van der Waals surface area contributed by atoms with Crippen molar-refractivity contribution in [1.82, 2.24) is 25.0 Å². The molecule has 0 unspecified atom stereocenters. The van der Waals surface area contributed by atoms with Crippen molar-refractivity contribution < 1.29 is 14.4 Å². The van der Waals surface area contributed by atoms with Gasteiger partial charge in [0, 0.05) is 24.2 Å². The van der Waals surface area contributed by atoms with Crippen LogP contribution in [-0.2, 0) is 16.6 Å². The van der Waals surface area contributed by atoms with Gasteiger partial charge in [0.2, 0.25) is 5.91 Å². The van der Waals surface area contributed by atoms with Gasteiger partial charge in [0.15, 0.2) is 5.13 Å². The van der Waals surface area contributed by atoms with Gasteiger partial charge in [-0.05, 0) is 19.8 Å². The molecule has 2 aromatic heterocycles. The lowest BCUT2D eigenvalue weighted by molar-refractivity contribution is -0.134. The van der Waals surface area contributed by atoms with Crippen molar-refractivity contribution in [2.45, 2.75) is 39.2 Å². The summed E-state index contributed by atoms with van der Waals surface area (Å²) < 4.78 is 1.70. The van der Waals surface area contributed by atoms with E-state index in [-0.39, 0.29) is 12.5 Å². The quantitative estimate of drug-likeness (QED) is 0.732. The number of nitrogens with zero attached hydrogens (tertiary/aromatic N) is 4. The summed E-state index contributed by atoms with van der Waals surface area (Å²) >= 11 is 1.27. The molecule has 9 nitrogen and oxygen atoms in total. The van der Waals surface area contributed by atoms with Crippen LogP contribution in [0, 0.1) is 6.92 Å². The van der Waals surface area contributed by atoms with Crippen LogP contribution in [0.2, 0.25) is 0 Å². The van der Waals surface area contributed by atoms with Gasteiger partial charge in [-0.25, -0.2) is 9.78 Å². The first-order chi connectivity index (χ1) is 12.8. The Morgan fingerprint density at radius 1 is 1.33 bits per heavy atom. The van der Waals surface area contributed by atoms with E-state index in [1.807, 2.05) is 39.4 Å². The lowest BCUT2D eigenvalue weighted by atomic mass is 9.93. The first kappa shape index (κ1) is 19.0. The van der Waals surface area contributed by atoms with Crippen LogP contribution in [0.3, 0.4) is 0 Å². The molecule has 144 valence electrons. The molecule has 1 saturated heterocycles. The summed E-state index contributed by atoms with van der Waals surface area (Å²) in [6.07, 6.45) is 2.82. The number of carbonyl (C=O) groups is 3. The van der Waals surface area contributed by atoms with Crippen molar-refractivity contribution in [2.24, 2.45) is 7.05 Å². The van der Waals surface area contributed by atoms with Gasteiger partial charge in [-0.2, -0.15) is 5.10 Å². The summed E-state index contributed by atoms with van der Waals surface area (Å²) in [5.74, 6) is -0.830. The second kappa shape index (κ2) is 7.10. The normalized spacial score (nSPS) is 15.9. The lowest BCUT2D eigenvalue weighted by Crippen LogP contribution is -2.46. The Bertz CT molecular complexity index is 898. The van der Waals surface area contributed by atoms with Gasteiger partial charge in [0.1, 0.15) is 12.1 Å². The number of aromatic nitrogens is 3. The van der Waals surface area contributed by atoms with Crippen LogP contribution >= 0.6 is 11.3 Å². The maximum atomic E-state index is 12.6. The molecule has 3 rings (SSSR count). The summed E-state index contributed by atoms with van der Waals surface area (Å²) in [5.41, 5.74) is 1.53. The molecule has 4 amide bonds. The number of imide groups is 1. The average Bonchev–Trinajstić information content (AvgIpc) is 3.27. The molecule has 2 N–H and O–H groups in total. The number of urea groups is 1. The fourth-order valence-corrected chi connectivity index (χ4v) is 3.88. The summed E-state index contributed by atoms with van der Waals surface area (Å²) in [6.45, 7) is 5.22. The summed E-state index contributed by atoms with van der Waals surface area (Å²) in [4.78, 5) is 42.4. The van der Waals surface area contributed by atoms with Crippen molar-refractivity contribution >= 4 is 34.3 Å². The Balaban J connectivity index is 1.68. The number of aryl methyl sites for hydroxylation is 2. The number of anilines is 1. The van der Waals surface area contributed by atoms with Crippen molar-refractivity contribution in [3.8, 4) is 11.3 Å². The van der Waals surface area contributed by atoms with Crippen LogP contribution in [0.1, 0.15) is 32.4 Å². The van der Waals surface area contributed by atoms with E-state index in [0.717, 1.165) is 16.2 Å². The Morgan fingerprint density at radius 3 is 2.59 bits per heavy atom. The van der Waals surface area contributed by atoms with Gasteiger partial charge in [0.05, 0.1) is 11.4 Å². The van der Waals surface area contributed by atoms with Crippen LogP contribution in [0.5, 0.6) is 0 Å². The molecule has 1 aliphatic rings. The van der Waals surface area contributed by atoms with Crippen molar-refractivity contribution in [2.75, 3.05) is 11.9 Å². The molecule has 0 atom stereocenters. The van der Waals surface area contributed by atoms with Gasteiger partial charge in [-0.3, -0.25) is 19.2 Å². The zero-order valence-electron chi connectivity index (χ0n) is 15.7. The first-order valence-corrected chi connectivity index (χ1v) is 9.57. The number of carbonyl (C=O) groups excluding carboxylic acids is 3. The molecule has 1 fully saturated rings. The smallest absolute Gasteiger partial charge is 0.323 e. The van der Waals surface area contributed by atoms with E-state index in [9.17, 15) is 14.4 Å². The predicted octanol–water partition coefficient (Wildman–Crippen LogP) is 1.90. The molecular weight excluding hydrogens is 368 g/mol. The number of thiazole rings is 1. The Kier molecular flexibility index (Phi) is 5.01. The van der Waals surface area contributed by atoms with E-state index in [0.29, 0.717) is 23.7 Å². The Hall–Kier alpha value is -2.75. The molecule has 3 heterocycles. The minimum absolute atomic E-state index is 0.340. The number of hydrogen-bond acceptors (Lipinski definition) is 6. The lowest BCUT2D eigenvalue weighted by Gasteiger charge is -2.22. The molecule has 0 spiro atoms. The average molecular weight is 390 g/mol. The highest BCUT2D eigenvalue weighted by molar-refractivity contribution is 7.14. The van der Waals surface area contributed by atoms with Gasteiger partial charge in [-0.1, -0.05) is 13.8 Å². The molecule has 10 heteroatoms. The third kappa shape index (κ3) is 3.44. The maximum Gasteiger partial charge on any atom is 0.325 e. The van der Waals surface area contributed by atoms with E-state index < -0.39 is 17.5 Å². The van der Waals surface area contributed by atoms with E-state index >= 15 is 0 Å². The summed E-state index contributed by atoms with van der Waals surface area (Å²) in [7, 11) is 1.83. The minimum atomic E-state index is -0.913. The minimum Gasteiger partial charge on any atom is -0.323 e. The third-order valence-electron chi connectivity index (χ3n) is 4.79. The van der Waals surface area contributed by atoms with Gasteiger partial charge in [-0.15, -0.1) is 11.3 Å². The molecule has 0 bridgehead atoms. The third-order valence-corrected chi connectivity index (χ3v) is 5.55. The Morgan fingerprint density at radius 2 is 2.04 bits per heavy atom. The number of hydrogen-bond donors (Lipinski definition) is 2. The van der Waals surface area contributed by atoms with Gasteiger partial charge < -0.3 is 10.6 Å². The standard InChI is InChI=1S/C17H22N6O3S/c1-5-17(6-2)14(25)23(16(26)20-17)8-13(24)19-15-18-12(9-27-15)11-7-22(4)21-10(11)3/h7,9H,5-6,8H2,1-4H3,(H,20,26)(H,18,19,24). The van der Waals surface area contributed by atoms with E-state index in [2.05, 4.69) is 20.7 Å². The monoisotopic (exact) mass is 390 g/mol. The van der Waals surface area contributed by atoms with Crippen LogP contribution in [0.4, 0.5) is 9.93 Å². The van der Waals surface area contributed by atoms with Gasteiger partial charge in [0.25, 0.3) is 5.91 Å². The van der Waals surface area contributed by atoms with E-state index in [1.54, 1.807) is 4.68 Å². The molecule has 0 radical (unpaired) electrons. The second-order valence-electron chi connectivity index (χ2n) is 6.50. The summed E-state index contributed by atoms with van der Waals surface area (Å²) in [6, 6.07) is -0.537. The SMILES string of the molecule is CCC1(CC)NC(=O)N(CC(=O)Nc2nc(-c3cn(C)nc3C)cs2)C1=O. The van der Waals surface area contributed by atoms with Crippen molar-refractivity contribution in [1.29, 1.82) is 0 Å². The van der Waals surface area contributed by atoms with Crippen LogP contribution in [-0.4, -0.2) is 49.6 Å². The zero-order chi connectivity index (χ0) is 19.8. The fourth-order valence-electron chi connectivity index (χ4n) is 3.16. The van der Waals surface area contributed by atoms with E-state index in [1.165, 1.54) is 11.3 Å². The van der Waals surface area contributed by atoms with Gasteiger partial charge >= 0.3 is 6.03 Å². The highest BCUT2D eigenvalue weighted by Crippen LogP contribution is 2.27. The second-order valence-corrected chi connectivity index (χ2v) is 7.36.